The van der Waals surface area contributed by atoms with E-state index in [1.165, 1.54) is 4.90 Å². The number of hydrogen-bond acceptors (Lipinski definition) is 5. The van der Waals surface area contributed by atoms with Crippen molar-refractivity contribution >= 4 is 21.7 Å². The van der Waals surface area contributed by atoms with Gasteiger partial charge in [-0.3, -0.25) is 9.59 Å². The molecule has 17 heavy (non-hydrogen) atoms. The van der Waals surface area contributed by atoms with Crippen molar-refractivity contribution in [3.8, 4) is 0 Å². The summed E-state index contributed by atoms with van der Waals surface area (Å²) in [4.78, 5) is 24.5. The van der Waals surface area contributed by atoms with Gasteiger partial charge >= 0.3 is 11.8 Å². The molecule has 7 nitrogen and oxygen atoms in total. The second-order valence-corrected chi connectivity index (χ2v) is 6.19. The first-order chi connectivity index (χ1) is 7.90. The van der Waals surface area contributed by atoms with Gasteiger partial charge in [-0.05, 0) is 0 Å². The number of amides is 2. The zero-order chi connectivity index (χ0) is 12.9. The summed E-state index contributed by atoms with van der Waals surface area (Å²) in [5, 5.41) is 5.37. The second-order valence-electron chi connectivity index (χ2n) is 3.93. The molecule has 1 fully saturated rings. The second kappa shape index (κ2) is 5.97. The molecule has 0 aliphatic carbocycles. The first-order valence-electron chi connectivity index (χ1n) is 5.36. The largest absolute Gasteiger partial charge is 0.347 e. The molecule has 0 aromatic carbocycles. The number of nitrogens with one attached hydrogen (secondary N) is 2. The molecule has 1 saturated heterocycles. The summed E-state index contributed by atoms with van der Waals surface area (Å²) < 4.78 is 21.7. The molecule has 1 aliphatic heterocycles. The molecule has 1 aliphatic rings. The maximum absolute atomic E-state index is 11.6. The van der Waals surface area contributed by atoms with Crippen LogP contribution in [0.25, 0.3) is 0 Å². The normalized spacial score (nSPS) is 16.6. The van der Waals surface area contributed by atoms with Crippen LogP contribution in [0.3, 0.4) is 0 Å². The van der Waals surface area contributed by atoms with Gasteiger partial charge in [0.05, 0.1) is 5.75 Å². The Morgan fingerprint density at radius 2 is 1.88 bits per heavy atom. The molecule has 0 spiro atoms. The van der Waals surface area contributed by atoms with E-state index in [4.69, 9.17) is 0 Å². The van der Waals surface area contributed by atoms with Crippen LogP contribution >= 0.6 is 0 Å². The summed E-state index contributed by atoms with van der Waals surface area (Å²) in [6, 6.07) is 0. The van der Waals surface area contributed by atoms with E-state index in [9.17, 15) is 18.0 Å². The van der Waals surface area contributed by atoms with Crippen LogP contribution in [0.15, 0.2) is 0 Å². The van der Waals surface area contributed by atoms with Crippen molar-refractivity contribution in [2.75, 3.05) is 44.7 Å². The standard InChI is InChI=1S/C9H17N3O4S/c1-17(15,16)7-4-11-8(13)9(14)12-5-2-10-3-6-12/h10H,2-7H2,1H3,(H,11,13). The average molecular weight is 263 g/mol. The smallest absolute Gasteiger partial charge is 0.311 e. The van der Waals surface area contributed by atoms with Crippen molar-refractivity contribution in [2.24, 2.45) is 0 Å². The van der Waals surface area contributed by atoms with Gasteiger partial charge in [0, 0.05) is 39.0 Å². The predicted molar refractivity (Wildman–Crippen MR) is 62.2 cm³/mol. The van der Waals surface area contributed by atoms with Gasteiger partial charge in [0.2, 0.25) is 0 Å². The Morgan fingerprint density at radius 1 is 1.29 bits per heavy atom. The molecule has 0 aromatic rings. The summed E-state index contributed by atoms with van der Waals surface area (Å²) in [6.45, 7) is 2.30. The summed E-state index contributed by atoms with van der Waals surface area (Å²) in [6.07, 6.45) is 1.08. The number of rotatable bonds is 3. The van der Waals surface area contributed by atoms with Gasteiger partial charge in [-0.2, -0.15) is 0 Å². The Labute approximate surface area is 100 Å². The third kappa shape index (κ3) is 5.14. The topological polar surface area (TPSA) is 95.6 Å². The molecule has 0 radical (unpaired) electrons. The molecule has 0 unspecified atom stereocenters. The van der Waals surface area contributed by atoms with Gasteiger partial charge in [-0.15, -0.1) is 0 Å². The Morgan fingerprint density at radius 3 is 2.41 bits per heavy atom. The monoisotopic (exact) mass is 263 g/mol. The van der Waals surface area contributed by atoms with Crippen molar-refractivity contribution in [1.82, 2.24) is 15.5 Å². The van der Waals surface area contributed by atoms with Gasteiger partial charge in [0.15, 0.2) is 0 Å². The minimum Gasteiger partial charge on any atom is -0.347 e. The number of sulfone groups is 1. The zero-order valence-corrected chi connectivity index (χ0v) is 10.5. The van der Waals surface area contributed by atoms with Gasteiger partial charge in [0.25, 0.3) is 0 Å². The van der Waals surface area contributed by atoms with Crippen LogP contribution in [0.4, 0.5) is 0 Å². The predicted octanol–water partition coefficient (Wildman–Crippen LogP) is -2.42. The minimum absolute atomic E-state index is 0.0322. The lowest BCUT2D eigenvalue weighted by molar-refractivity contribution is -0.146. The third-order valence-corrected chi connectivity index (χ3v) is 3.30. The van der Waals surface area contributed by atoms with Crippen molar-refractivity contribution in [3.05, 3.63) is 0 Å². The van der Waals surface area contributed by atoms with E-state index in [-0.39, 0.29) is 12.3 Å². The maximum atomic E-state index is 11.6. The highest BCUT2D eigenvalue weighted by Crippen LogP contribution is 1.93. The zero-order valence-electron chi connectivity index (χ0n) is 9.73. The lowest BCUT2D eigenvalue weighted by Gasteiger charge is -2.26. The number of carbonyl (C=O) groups excluding carboxylic acids is 2. The Hall–Kier alpha value is -1.15. The van der Waals surface area contributed by atoms with E-state index in [1.54, 1.807) is 0 Å². The molecule has 98 valence electrons. The lowest BCUT2D eigenvalue weighted by Crippen LogP contribution is -2.51. The van der Waals surface area contributed by atoms with Gasteiger partial charge in [0.1, 0.15) is 9.84 Å². The molecule has 1 rings (SSSR count). The SMILES string of the molecule is CS(=O)(=O)CCNC(=O)C(=O)N1CCNCC1. The molecule has 2 amide bonds. The summed E-state index contributed by atoms with van der Waals surface area (Å²) in [7, 11) is -3.12. The summed E-state index contributed by atoms with van der Waals surface area (Å²) in [5.74, 6) is -1.50. The highest BCUT2D eigenvalue weighted by Gasteiger charge is 2.22. The maximum Gasteiger partial charge on any atom is 0.311 e. The van der Waals surface area contributed by atoms with E-state index in [0.29, 0.717) is 26.2 Å². The molecule has 0 bridgehead atoms. The fourth-order valence-corrected chi connectivity index (χ4v) is 1.91. The number of nitrogens with zero attached hydrogens (tertiary/aromatic N) is 1. The first kappa shape index (κ1) is 13.9. The average Bonchev–Trinajstić information content (AvgIpc) is 2.27. The fourth-order valence-electron chi connectivity index (χ4n) is 1.44. The van der Waals surface area contributed by atoms with Gasteiger partial charge in [-0.25, -0.2) is 8.42 Å². The van der Waals surface area contributed by atoms with Crippen LogP contribution in [0.5, 0.6) is 0 Å². The number of hydrogen-bond donors (Lipinski definition) is 2. The van der Waals surface area contributed by atoms with Crippen LogP contribution in [-0.2, 0) is 19.4 Å². The van der Waals surface area contributed by atoms with Crippen LogP contribution in [0.1, 0.15) is 0 Å². The van der Waals surface area contributed by atoms with Crippen molar-refractivity contribution in [1.29, 1.82) is 0 Å². The molecular formula is C9H17N3O4S. The first-order valence-corrected chi connectivity index (χ1v) is 7.42. The quantitative estimate of drug-likeness (QED) is 0.552. The number of carbonyl (C=O) groups is 2. The highest BCUT2D eigenvalue weighted by atomic mass is 32.2. The van der Waals surface area contributed by atoms with Crippen LogP contribution in [0, 0.1) is 0 Å². The molecular weight excluding hydrogens is 246 g/mol. The third-order valence-electron chi connectivity index (χ3n) is 2.36. The molecule has 1 heterocycles. The van der Waals surface area contributed by atoms with Crippen LogP contribution in [0.2, 0.25) is 0 Å². The minimum atomic E-state index is -3.12. The Kier molecular flexibility index (Phi) is 4.88. The van der Waals surface area contributed by atoms with E-state index in [0.717, 1.165) is 6.26 Å². The van der Waals surface area contributed by atoms with Gasteiger partial charge in [-0.1, -0.05) is 0 Å². The Bertz CT molecular complexity index is 387. The van der Waals surface area contributed by atoms with Gasteiger partial charge < -0.3 is 15.5 Å². The number of piperazine rings is 1. The molecule has 0 saturated carbocycles. The molecule has 2 N–H and O–H groups in total. The van der Waals surface area contributed by atoms with E-state index in [1.807, 2.05) is 0 Å². The lowest BCUT2D eigenvalue weighted by atomic mass is 10.3. The highest BCUT2D eigenvalue weighted by molar-refractivity contribution is 7.90. The summed E-state index contributed by atoms with van der Waals surface area (Å²) in [5.41, 5.74) is 0. The van der Waals surface area contributed by atoms with E-state index < -0.39 is 21.7 Å². The van der Waals surface area contributed by atoms with E-state index in [2.05, 4.69) is 10.6 Å². The van der Waals surface area contributed by atoms with Crippen LogP contribution in [-0.4, -0.2) is 69.9 Å². The van der Waals surface area contributed by atoms with Crippen LogP contribution < -0.4 is 10.6 Å². The fraction of sp³-hybridized carbons (Fsp3) is 0.778. The van der Waals surface area contributed by atoms with Crippen molar-refractivity contribution in [2.45, 2.75) is 0 Å². The molecule has 8 heteroatoms. The van der Waals surface area contributed by atoms with E-state index >= 15 is 0 Å². The summed E-state index contributed by atoms with van der Waals surface area (Å²) >= 11 is 0. The molecule has 0 aromatic heterocycles. The van der Waals surface area contributed by atoms with Crippen molar-refractivity contribution in [3.63, 3.8) is 0 Å². The Balaban J connectivity index is 2.34. The van der Waals surface area contributed by atoms with Crippen molar-refractivity contribution < 1.29 is 18.0 Å². The molecule has 0 atom stereocenters.